The molecule has 0 radical (unpaired) electrons. The van der Waals surface area contributed by atoms with Crippen molar-refractivity contribution in [2.45, 2.75) is 26.3 Å². The molecule has 0 spiro atoms. The predicted molar refractivity (Wildman–Crippen MR) is 85.6 cm³/mol. The standard InChI is InChI=1S/C15H19ClN4O/c1-3-11(17)8-19-14-9(2)7-18-15(20-14)12-6-10(16)4-5-13(12)21/h4-7,11,21H,3,8,17H2,1-2H3,(H,18,19,20). The molecule has 2 rings (SSSR count). The summed E-state index contributed by atoms with van der Waals surface area (Å²) in [6, 6.07) is 4.86. The minimum atomic E-state index is 0.0717. The first-order chi connectivity index (χ1) is 10.0. The number of aromatic nitrogens is 2. The summed E-state index contributed by atoms with van der Waals surface area (Å²) in [6.45, 7) is 4.59. The summed E-state index contributed by atoms with van der Waals surface area (Å²) in [4.78, 5) is 8.71. The fourth-order valence-electron chi connectivity index (χ4n) is 1.81. The molecule has 0 saturated carbocycles. The van der Waals surface area contributed by atoms with E-state index in [1.54, 1.807) is 18.3 Å². The molecule has 0 bridgehead atoms. The van der Waals surface area contributed by atoms with E-state index in [2.05, 4.69) is 15.3 Å². The molecular weight excluding hydrogens is 288 g/mol. The van der Waals surface area contributed by atoms with Gasteiger partial charge in [-0.15, -0.1) is 0 Å². The number of phenolic OH excluding ortho intramolecular Hbond substituents is 1. The van der Waals surface area contributed by atoms with Gasteiger partial charge in [0.2, 0.25) is 0 Å². The number of anilines is 1. The van der Waals surface area contributed by atoms with Crippen molar-refractivity contribution in [2.24, 2.45) is 5.73 Å². The lowest BCUT2D eigenvalue weighted by Crippen LogP contribution is -2.28. The zero-order chi connectivity index (χ0) is 15.4. The van der Waals surface area contributed by atoms with Gasteiger partial charge in [0.15, 0.2) is 5.82 Å². The summed E-state index contributed by atoms with van der Waals surface area (Å²) in [6.07, 6.45) is 2.60. The molecule has 1 aromatic carbocycles. The summed E-state index contributed by atoms with van der Waals surface area (Å²) in [5, 5.41) is 13.7. The fraction of sp³-hybridized carbons (Fsp3) is 0.333. The van der Waals surface area contributed by atoms with E-state index in [9.17, 15) is 5.11 Å². The summed E-state index contributed by atoms with van der Waals surface area (Å²) < 4.78 is 0. The average Bonchev–Trinajstić information content (AvgIpc) is 2.48. The minimum absolute atomic E-state index is 0.0717. The van der Waals surface area contributed by atoms with Gasteiger partial charge in [0, 0.05) is 29.4 Å². The number of aryl methyl sites for hydroxylation is 1. The second-order valence-corrected chi connectivity index (χ2v) is 5.37. The monoisotopic (exact) mass is 306 g/mol. The molecule has 0 aliphatic rings. The minimum Gasteiger partial charge on any atom is -0.507 e. The largest absolute Gasteiger partial charge is 0.507 e. The Labute approximate surface area is 129 Å². The molecule has 2 aromatic rings. The van der Waals surface area contributed by atoms with Gasteiger partial charge in [-0.2, -0.15) is 0 Å². The zero-order valence-corrected chi connectivity index (χ0v) is 12.9. The lowest BCUT2D eigenvalue weighted by atomic mass is 10.2. The third-order valence-electron chi connectivity index (χ3n) is 3.23. The van der Waals surface area contributed by atoms with Gasteiger partial charge in [-0.1, -0.05) is 18.5 Å². The first kappa shape index (κ1) is 15.5. The number of halogens is 1. The van der Waals surface area contributed by atoms with E-state index >= 15 is 0 Å². The van der Waals surface area contributed by atoms with E-state index in [0.717, 1.165) is 12.0 Å². The van der Waals surface area contributed by atoms with E-state index in [1.165, 1.54) is 6.07 Å². The molecule has 0 aliphatic heterocycles. The maximum atomic E-state index is 9.93. The molecule has 112 valence electrons. The van der Waals surface area contributed by atoms with Crippen molar-refractivity contribution in [2.75, 3.05) is 11.9 Å². The number of nitrogens with two attached hydrogens (primary N) is 1. The van der Waals surface area contributed by atoms with Crippen molar-refractivity contribution in [3.63, 3.8) is 0 Å². The average molecular weight is 307 g/mol. The molecule has 4 N–H and O–H groups in total. The van der Waals surface area contributed by atoms with Gasteiger partial charge >= 0.3 is 0 Å². The number of nitrogens with one attached hydrogen (secondary N) is 1. The van der Waals surface area contributed by atoms with Gasteiger partial charge in [-0.3, -0.25) is 0 Å². The van der Waals surface area contributed by atoms with Gasteiger partial charge in [-0.05, 0) is 31.5 Å². The van der Waals surface area contributed by atoms with Gasteiger partial charge in [-0.25, -0.2) is 9.97 Å². The normalized spacial score (nSPS) is 12.2. The van der Waals surface area contributed by atoms with E-state index in [4.69, 9.17) is 17.3 Å². The number of nitrogens with zero attached hydrogens (tertiary/aromatic N) is 2. The van der Waals surface area contributed by atoms with Crippen molar-refractivity contribution >= 4 is 17.4 Å². The quantitative estimate of drug-likeness (QED) is 0.791. The first-order valence-corrected chi connectivity index (χ1v) is 7.21. The third-order valence-corrected chi connectivity index (χ3v) is 3.46. The molecule has 0 fully saturated rings. The van der Waals surface area contributed by atoms with Gasteiger partial charge < -0.3 is 16.2 Å². The lowest BCUT2D eigenvalue weighted by molar-refractivity contribution is 0.477. The second-order valence-electron chi connectivity index (χ2n) is 4.94. The van der Waals surface area contributed by atoms with E-state index in [-0.39, 0.29) is 11.8 Å². The Kier molecular flexibility index (Phi) is 4.98. The van der Waals surface area contributed by atoms with Crippen LogP contribution in [0.4, 0.5) is 5.82 Å². The highest BCUT2D eigenvalue weighted by molar-refractivity contribution is 6.30. The van der Waals surface area contributed by atoms with Crippen LogP contribution >= 0.6 is 11.6 Å². The Morgan fingerprint density at radius 1 is 1.43 bits per heavy atom. The van der Waals surface area contributed by atoms with Crippen LogP contribution < -0.4 is 11.1 Å². The topological polar surface area (TPSA) is 84.1 Å². The molecular formula is C15H19ClN4O. The second kappa shape index (κ2) is 6.74. The SMILES string of the molecule is CCC(N)CNc1nc(-c2cc(Cl)ccc2O)ncc1C. The maximum absolute atomic E-state index is 9.93. The van der Waals surface area contributed by atoms with E-state index in [0.29, 0.717) is 28.8 Å². The van der Waals surface area contributed by atoms with E-state index < -0.39 is 0 Å². The van der Waals surface area contributed by atoms with Crippen LogP contribution in [-0.2, 0) is 0 Å². The fourth-order valence-corrected chi connectivity index (χ4v) is 1.98. The van der Waals surface area contributed by atoms with Crippen molar-refractivity contribution in [1.82, 2.24) is 9.97 Å². The Morgan fingerprint density at radius 3 is 2.90 bits per heavy atom. The summed E-state index contributed by atoms with van der Waals surface area (Å²) in [5.41, 5.74) is 7.33. The van der Waals surface area contributed by atoms with Crippen LogP contribution in [0.3, 0.4) is 0 Å². The highest BCUT2D eigenvalue weighted by Crippen LogP contribution is 2.30. The maximum Gasteiger partial charge on any atom is 0.165 e. The van der Waals surface area contributed by atoms with Crippen molar-refractivity contribution < 1.29 is 5.11 Å². The number of hydrogen-bond donors (Lipinski definition) is 3. The predicted octanol–water partition coefficient (Wildman–Crippen LogP) is 2.96. The Hall–Kier alpha value is -1.85. The van der Waals surface area contributed by atoms with Gasteiger partial charge in [0.25, 0.3) is 0 Å². The van der Waals surface area contributed by atoms with Crippen LogP contribution in [0.25, 0.3) is 11.4 Å². The van der Waals surface area contributed by atoms with Crippen LogP contribution in [-0.4, -0.2) is 27.7 Å². The first-order valence-electron chi connectivity index (χ1n) is 6.83. The third kappa shape index (κ3) is 3.83. The molecule has 0 aliphatic carbocycles. The molecule has 21 heavy (non-hydrogen) atoms. The zero-order valence-electron chi connectivity index (χ0n) is 12.1. The highest BCUT2D eigenvalue weighted by Gasteiger charge is 2.11. The van der Waals surface area contributed by atoms with Crippen LogP contribution in [0.5, 0.6) is 5.75 Å². The molecule has 1 aromatic heterocycles. The number of rotatable bonds is 5. The summed E-state index contributed by atoms with van der Waals surface area (Å²) >= 11 is 5.96. The number of benzene rings is 1. The van der Waals surface area contributed by atoms with Crippen molar-refractivity contribution in [3.05, 3.63) is 35.0 Å². The molecule has 1 heterocycles. The lowest BCUT2D eigenvalue weighted by Gasteiger charge is -2.13. The van der Waals surface area contributed by atoms with Crippen molar-refractivity contribution in [1.29, 1.82) is 0 Å². The van der Waals surface area contributed by atoms with Crippen LogP contribution in [0.15, 0.2) is 24.4 Å². The van der Waals surface area contributed by atoms with Crippen LogP contribution in [0, 0.1) is 6.92 Å². The molecule has 5 nitrogen and oxygen atoms in total. The number of hydrogen-bond acceptors (Lipinski definition) is 5. The van der Waals surface area contributed by atoms with Crippen molar-refractivity contribution in [3.8, 4) is 17.1 Å². The molecule has 6 heteroatoms. The summed E-state index contributed by atoms with van der Waals surface area (Å²) in [5.74, 6) is 1.23. The molecule has 1 unspecified atom stereocenters. The Morgan fingerprint density at radius 2 is 2.19 bits per heavy atom. The number of phenols is 1. The number of aromatic hydroxyl groups is 1. The van der Waals surface area contributed by atoms with Crippen LogP contribution in [0.2, 0.25) is 5.02 Å². The smallest absolute Gasteiger partial charge is 0.165 e. The molecule has 0 amide bonds. The molecule has 1 atom stereocenters. The highest BCUT2D eigenvalue weighted by atomic mass is 35.5. The molecule has 0 saturated heterocycles. The Balaban J connectivity index is 2.31. The van der Waals surface area contributed by atoms with Crippen LogP contribution in [0.1, 0.15) is 18.9 Å². The van der Waals surface area contributed by atoms with Gasteiger partial charge in [0.05, 0.1) is 5.56 Å². The van der Waals surface area contributed by atoms with E-state index in [1.807, 2.05) is 13.8 Å². The Bertz CT molecular complexity index is 633. The summed E-state index contributed by atoms with van der Waals surface area (Å²) in [7, 11) is 0. The van der Waals surface area contributed by atoms with Gasteiger partial charge in [0.1, 0.15) is 11.6 Å².